The number of fused-ring (bicyclic) bond motifs is 1. The Kier molecular flexibility index (Phi) is 5.10. The average molecular weight is 340 g/mol. The van der Waals surface area contributed by atoms with Crippen molar-refractivity contribution >= 4 is 22.8 Å². The minimum atomic E-state index is -1.13. The first-order valence-corrected chi connectivity index (χ1v) is 8.27. The molecule has 2 aromatic rings. The van der Waals surface area contributed by atoms with E-state index in [9.17, 15) is 15.2 Å². The lowest BCUT2D eigenvalue weighted by atomic mass is 9.98. The molecule has 25 heavy (non-hydrogen) atoms. The number of methoxy groups -OCH3 is 1. The molecule has 2 heterocycles. The third-order valence-electron chi connectivity index (χ3n) is 4.49. The molecule has 1 saturated heterocycles. The Balaban J connectivity index is 2.12. The number of anilines is 1. The highest BCUT2D eigenvalue weighted by atomic mass is 16.5. The SMILES string of the molecule is COC(=O)[C@H](C#N)c1nc2ccccc2nc1N1CCC[C@@H](CO)C1. The van der Waals surface area contributed by atoms with Gasteiger partial charge in [-0.3, -0.25) is 4.79 Å². The molecule has 0 bridgehead atoms. The monoisotopic (exact) mass is 340 g/mol. The third kappa shape index (κ3) is 3.39. The zero-order chi connectivity index (χ0) is 17.8. The molecule has 2 atom stereocenters. The summed E-state index contributed by atoms with van der Waals surface area (Å²) < 4.78 is 4.77. The summed E-state index contributed by atoms with van der Waals surface area (Å²) >= 11 is 0. The maximum Gasteiger partial charge on any atom is 0.329 e. The van der Waals surface area contributed by atoms with Crippen LogP contribution in [0.1, 0.15) is 24.5 Å². The number of aliphatic hydroxyl groups is 1. The van der Waals surface area contributed by atoms with E-state index < -0.39 is 11.9 Å². The number of benzene rings is 1. The molecule has 130 valence electrons. The molecule has 0 aliphatic carbocycles. The Hall–Kier alpha value is -2.72. The fraction of sp³-hybridized carbons (Fsp3) is 0.444. The van der Waals surface area contributed by atoms with Crippen molar-refractivity contribution in [2.75, 3.05) is 31.7 Å². The maximum atomic E-state index is 12.1. The number of hydrogen-bond donors (Lipinski definition) is 1. The Morgan fingerprint density at radius 3 is 2.80 bits per heavy atom. The number of carbonyl (C=O) groups excluding carboxylic acids is 1. The van der Waals surface area contributed by atoms with Crippen LogP contribution in [0.15, 0.2) is 24.3 Å². The van der Waals surface area contributed by atoms with E-state index in [4.69, 9.17) is 4.74 Å². The molecule has 0 spiro atoms. The third-order valence-corrected chi connectivity index (χ3v) is 4.49. The Morgan fingerprint density at radius 2 is 2.16 bits per heavy atom. The zero-order valence-electron chi connectivity index (χ0n) is 14.1. The molecule has 1 aliphatic rings. The number of ether oxygens (including phenoxy) is 1. The predicted molar refractivity (Wildman–Crippen MR) is 91.9 cm³/mol. The highest BCUT2D eigenvalue weighted by Gasteiger charge is 2.31. The van der Waals surface area contributed by atoms with Gasteiger partial charge in [0.2, 0.25) is 0 Å². The first-order valence-electron chi connectivity index (χ1n) is 8.27. The van der Waals surface area contributed by atoms with Crippen LogP contribution in [0.3, 0.4) is 0 Å². The van der Waals surface area contributed by atoms with E-state index in [2.05, 4.69) is 9.97 Å². The molecular formula is C18H20N4O3. The number of nitriles is 1. The lowest BCUT2D eigenvalue weighted by Gasteiger charge is -2.34. The van der Waals surface area contributed by atoms with Gasteiger partial charge in [0.1, 0.15) is 5.69 Å². The molecule has 1 N–H and O–H groups in total. The molecule has 1 aromatic heterocycles. The summed E-state index contributed by atoms with van der Waals surface area (Å²) in [6.45, 7) is 1.47. The number of esters is 1. The van der Waals surface area contributed by atoms with Gasteiger partial charge in [-0.2, -0.15) is 5.26 Å². The van der Waals surface area contributed by atoms with Crippen molar-refractivity contribution in [3.8, 4) is 6.07 Å². The number of nitrogens with zero attached hydrogens (tertiary/aromatic N) is 4. The molecule has 0 unspecified atom stereocenters. The molecule has 1 aromatic carbocycles. The van der Waals surface area contributed by atoms with Crippen molar-refractivity contribution in [2.24, 2.45) is 5.92 Å². The van der Waals surface area contributed by atoms with E-state index in [1.165, 1.54) is 7.11 Å². The van der Waals surface area contributed by atoms with E-state index in [0.29, 0.717) is 29.1 Å². The van der Waals surface area contributed by atoms with Gasteiger partial charge in [-0.15, -0.1) is 0 Å². The van der Waals surface area contributed by atoms with Crippen molar-refractivity contribution in [1.29, 1.82) is 5.26 Å². The molecular weight excluding hydrogens is 320 g/mol. The van der Waals surface area contributed by atoms with Crippen LogP contribution in [0.2, 0.25) is 0 Å². The van der Waals surface area contributed by atoms with Gasteiger partial charge < -0.3 is 14.7 Å². The standard InChI is InChI=1S/C18H20N4O3/c1-25-18(24)13(9-19)16-17(22-8-4-5-12(10-22)11-23)21-15-7-3-2-6-14(15)20-16/h2-3,6-7,12-13,23H,4-5,8,10-11H2,1H3/t12-,13-/m1/s1. The molecule has 0 amide bonds. The summed E-state index contributed by atoms with van der Waals surface area (Å²) in [5.41, 5.74) is 1.64. The number of rotatable bonds is 4. The van der Waals surface area contributed by atoms with Crippen LogP contribution in [0.4, 0.5) is 5.82 Å². The maximum absolute atomic E-state index is 12.1. The van der Waals surface area contributed by atoms with E-state index in [0.717, 1.165) is 19.4 Å². The van der Waals surface area contributed by atoms with Crippen LogP contribution in [-0.2, 0) is 9.53 Å². The van der Waals surface area contributed by atoms with Crippen molar-refractivity contribution in [2.45, 2.75) is 18.8 Å². The van der Waals surface area contributed by atoms with E-state index in [1.54, 1.807) is 6.07 Å². The molecule has 7 heteroatoms. The summed E-state index contributed by atoms with van der Waals surface area (Å²) in [6.07, 6.45) is 1.86. The number of para-hydroxylation sites is 2. The van der Waals surface area contributed by atoms with E-state index >= 15 is 0 Å². The molecule has 3 rings (SSSR count). The smallest absolute Gasteiger partial charge is 0.329 e. The van der Waals surface area contributed by atoms with Crippen LogP contribution < -0.4 is 4.90 Å². The van der Waals surface area contributed by atoms with Crippen LogP contribution in [0, 0.1) is 17.2 Å². The molecule has 1 fully saturated rings. The topological polar surface area (TPSA) is 99.3 Å². The highest BCUT2D eigenvalue weighted by molar-refractivity contribution is 5.85. The zero-order valence-corrected chi connectivity index (χ0v) is 14.1. The molecule has 0 saturated carbocycles. The fourth-order valence-electron chi connectivity index (χ4n) is 3.18. The van der Waals surface area contributed by atoms with Gasteiger partial charge in [0, 0.05) is 19.7 Å². The number of hydrogen-bond acceptors (Lipinski definition) is 7. The van der Waals surface area contributed by atoms with Crippen molar-refractivity contribution < 1.29 is 14.6 Å². The summed E-state index contributed by atoms with van der Waals surface area (Å²) in [5.74, 6) is -1.11. The van der Waals surface area contributed by atoms with Gasteiger partial charge in [-0.05, 0) is 30.9 Å². The molecule has 0 radical (unpaired) electrons. The van der Waals surface area contributed by atoms with Gasteiger partial charge >= 0.3 is 5.97 Å². The highest BCUT2D eigenvalue weighted by Crippen LogP contribution is 2.30. The predicted octanol–water partition coefficient (Wildman–Crippen LogP) is 1.62. The van der Waals surface area contributed by atoms with E-state index in [1.807, 2.05) is 29.2 Å². The lowest BCUT2D eigenvalue weighted by molar-refractivity contribution is -0.141. The van der Waals surface area contributed by atoms with Gasteiger partial charge in [-0.25, -0.2) is 9.97 Å². The number of aliphatic hydroxyl groups excluding tert-OH is 1. The van der Waals surface area contributed by atoms with Crippen LogP contribution in [0.5, 0.6) is 0 Å². The van der Waals surface area contributed by atoms with Gasteiger partial charge in [0.05, 0.1) is 24.2 Å². The Labute approximate surface area is 145 Å². The summed E-state index contributed by atoms with van der Waals surface area (Å²) in [4.78, 5) is 23.3. The van der Waals surface area contributed by atoms with Gasteiger partial charge in [-0.1, -0.05) is 12.1 Å². The van der Waals surface area contributed by atoms with Crippen LogP contribution in [-0.4, -0.2) is 47.8 Å². The fourth-order valence-corrected chi connectivity index (χ4v) is 3.18. The Morgan fingerprint density at radius 1 is 1.44 bits per heavy atom. The van der Waals surface area contributed by atoms with Crippen LogP contribution >= 0.6 is 0 Å². The quantitative estimate of drug-likeness (QED) is 0.844. The number of aromatic nitrogens is 2. The minimum Gasteiger partial charge on any atom is -0.468 e. The minimum absolute atomic E-state index is 0.103. The summed E-state index contributed by atoms with van der Waals surface area (Å²) in [7, 11) is 1.25. The Bertz CT molecular complexity index is 818. The first-order chi connectivity index (χ1) is 12.2. The molecule has 1 aliphatic heterocycles. The van der Waals surface area contributed by atoms with E-state index in [-0.39, 0.29) is 12.5 Å². The van der Waals surface area contributed by atoms with Crippen molar-refractivity contribution in [1.82, 2.24) is 9.97 Å². The van der Waals surface area contributed by atoms with Crippen molar-refractivity contribution in [3.63, 3.8) is 0 Å². The second kappa shape index (κ2) is 7.45. The summed E-state index contributed by atoms with van der Waals surface area (Å²) in [6, 6.07) is 9.34. The summed E-state index contributed by atoms with van der Waals surface area (Å²) in [5, 5.41) is 19.0. The van der Waals surface area contributed by atoms with Crippen molar-refractivity contribution in [3.05, 3.63) is 30.0 Å². The number of carbonyl (C=O) groups is 1. The van der Waals surface area contributed by atoms with Gasteiger partial charge in [0.25, 0.3) is 0 Å². The second-order valence-electron chi connectivity index (χ2n) is 6.14. The second-order valence-corrected chi connectivity index (χ2v) is 6.14. The first kappa shape index (κ1) is 17.1. The van der Waals surface area contributed by atoms with Gasteiger partial charge in [0.15, 0.2) is 11.7 Å². The largest absolute Gasteiger partial charge is 0.468 e. The molecule has 7 nitrogen and oxygen atoms in total. The van der Waals surface area contributed by atoms with Crippen LogP contribution in [0.25, 0.3) is 11.0 Å². The lowest BCUT2D eigenvalue weighted by Crippen LogP contribution is -2.38. The number of piperidine rings is 1. The normalized spacial score (nSPS) is 18.6. The average Bonchev–Trinajstić information content (AvgIpc) is 2.67.